The predicted molar refractivity (Wildman–Crippen MR) is 103 cm³/mol. The summed E-state index contributed by atoms with van der Waals surface area (Å²) in [7, 11) is 1.36. The average Bonchev–Trinajstić information content (AvgIpc) is 3.43. The molecule has 27 heavy (non-hydrogen) atoms. The quantitative estimate of drug-likeness (QED) is 0.611. The number of carbonyl (C=O) groups is 3. The van der Waals surface area contributed by atoms with Gasteiger partial charge in [0, 0.05) is 30.4 Å². The van der Waals surface area contributed by atoms with Crippen molar-refractivity contribution in [2.24, 2.45) is 5.92 Å². The monoisotopic (exact) mass is 375 g/mol. The summed E-state index contributed by atoms with van der Waals surface area (Å²) in [5.41, 5.74) is 1.12. The third-order valence-corrected chi connectivity index (χ3v) is 4.17. The highest BCUT2D eigenvalue weighted by atomic mass is 16.5. The first-order valence-corrected chi connectivity index (χ1v) is 9.37. The molecule has 0 aromatic heterocycles. The van der Waals surface area contributed by atoms with E-state index in [0.29, 0.717) is 30.3 Å². The number of ether oxygens (including phenoxy) is 1. The van der Waals surface area contributed by atoms with Gasteiger partial charge in [-0.3, -0.25) is 19.3 Å². The van der Waals surface area contributed by atoms with Gasteiger partial charge < -0.3 is 15.4 Å². The summed E-state index contributed by atoms with van der Waals surface area (Å²) in [6.45, 7) is 5.46. The summed E-state index contributed by atoms with van der Waals surface area (Å²) in [4.78, 5) is 37.9. The normalized spacial score (nSPS) is 13.5. The van der Waals surface area contributed by atoms with Gasteiger partial charge in [-0.15, -0.1) is 0 Å². The van der Waals surface area contributed by atoms with Crippen molar-refractivity contribution >= 4 is 23.5 Å². The number of methoxy groups -OCH3 is 1. The third kappa shape index (κ3) is 7.78. The van der Waals surface area contributed by atoms with E-state index in [1.165, 1.54) is 7.11 Å². The van der Waals surface area contributed by atoms with Crippen LogP contribution in [0.5, 0.6) is 0 Å². The molecule has 2 rings (SSSR count). The SMILES string of the molecule is COC(=O)CCN(CC(=O)Nc1cccc(C(=O)NC2CC2)c1)CC(C)C. The first-order valence-electron chi connectivity index (χ1n) is 9.37. The molecule has 1 aliphatic carbocycles. The summed E-state index contributed by atoms with van der Waals surface area (Å²) in [5.74, 6) is -0.225. The third-order valence-electron chi connectivity index (χ3n) is 4.17. The Hall–Kier alpha value is -2.41. The molecule has 2 amide bonds. The van der Waals surface area contributed by atoms with Gasteiger partial charge in [0.25, 0.3) is 5.91 Å². The van der Waals surface area contributed by atoms with Crippen molar-refractivity contribution in [1.82, 2.24) is 10.2 Å². The van der Waals surface area contributed by atoms with Crippen LogP contribution < -0.4 is 10.6 Å². The van der Waals surface area contributed by atoms with E-state index < -0.39 is 0 Å². The second kappa shape index (κ2) is 10.1. The van der Waals surface area contributed by atoms with Crippen molar-refractivity contribution in [3.8, 4) is 0 Å². The fourth-order valence-corrected chi connectivity index (χ4v) is 2.74. The zero-order valence-corrected chi connectivity index (χ0v) is 16.3. The van der Waals surface area contributed by atoms with Crippen LogP contribution in [0.3, 0.4) is 0 Å². The molecule has 0 bridgehead atoms. The lowest BCUT2D eigenvalue weighted by Gasteiger charge is -2.23. The molecule has 1 saturated carbocycles. The molecule has 0 saturated heterocycles. The fourth-order valence-electron chi connectivity index (χ4n) is 2.74. The number of hydrogen-bond acceptors (Lipinski definition) is 5. The number of benzene rings is 1. The highest BCUT2D eigenvalue weighted by Crippen LogP contribution is 2.20. The number of nitrogens with one attached hydrogen (secondary N) is 2. The Morgan fingerprint density at radius 3 is 2.63 bits per heavy atom. The molecule has 7 heteroatoms. The van der Waals surface area contributed by atoms with Gasteiger partial charge in [-0.2, -0.15) is 0 Å². The van der Waals surface area contributed by atoms with Crippen molar-refractivity contribution in [2.45, 2.75) is 39.2 Å². The minimum atomic E-state index is -0.293. The van der Waals surface area contributed by atoms with E-state index >= 15 is 0 Å². The van der Waals surface area contributed by atoms with Crippen LogP contribution in [0, 0.1) is 5.92 Å². The molecule has 0 heterocycles. The first-order chi connectivity index (χ1) is 12.9. The highest BCUT2D eigenvalue weighted by Gasteiger charge is 2.24. The Labute approximate surface area is 160 Å². The molecular formula is C20H29N3O4. The van der Waals surface area contributed by atoms with E-state index in [9.17, 15) is 14.4 Å². The van der Waals surface area contributed by atoms with Crippen molar-refractivity contribution < 1.29 is 19.1 Å². The van der Waals surface area contributed by atoms with E-state index in [4.69, 9.17) is 0 Å². The number of esters is 1. The van der Waals surface area contributed by atoms with Crippen LogP contribution in [0.1, 0.15) is 43.5 Å². The Morgan fingerprint density at radius 1 is 1.26 bits per heavy atom. The molecule has 1 fully saturated rings. The molecule has 0 spiro atoms. The number of carbonyl (C=O) groups excluding carboxylic acids is 3. The number of anilines is 1. The Kier molecular flexibility index (Phi) is 7.79. The number of rotatable bonds is 10. The van der Waals surface area contributed by atoms with Gasteiger partial charge in [-0.1, -0.05) is 19.9 Å². The molecule has 0 aliphatic heterocycles. The van der Waals surface area contributed by atoms with E-state index in [-0.39, 0.29) is 36.8 Å². The lowest BCUT2D eigenvalue weighted by Crippen LogP contribution is -2.37. The summed E-state index contributed by atoms with van der Waals surface area (Å²) in [6.07, 6.45) is 2.30. The summed E-state index contributed by atoms with van der Waals surface area (Å²) < 4.78 is 4.67. The summed E-state index contributed by atoms with van der Waals surface area (Å²) in [6, 6.07) is 7.20. The van der Waals surface area contributed by atoms with Gasteiger partial charge in [0.1, 0.15) is 0 Å². The predicted octanol–water partition coefficient (Wildman–Crippen LogP) is 2.04. The van der Waals surface area contributed by atoms with Crippen LogP contribution in [-0.2, 0) is 14.3 Å². The maximum Gasteiger partial charge on any atom is 0.306 e. The van der Waals surface area contributed by atoms with Gasteiger partial charge in [0.2, 0.25) is 5.91 Å². The number of amides is 2. The van der Waals surface area contributed by atoms with Gasteiger partial charge in [0.15, 0.2) is 0 Å². The first kappa shape index (κ1) is 20.9. The van der Waals surface area contributed by atoms with Crippen molar-refractivity contribution in [1.29, 1.82) is 0 Å². The van der Waals surface area contributed by atoms with Crippen molar-refractivity contribution in [2.75, 3.05) is 32.1 Å². The van der Waals surface area contributed by atoms with Gasteiger partial charge in [-0.05, 0) is 37.0 Å². The fraction of sp³-hybridized carbons (Fsp3) is 0.550. The largest absolute Gasteiger partial charge is 0.469 e. The highest BCUT2D eigenvalue weighted by molar-refractivity contribution is 5.97. The van der Waals surface area contributed by atoms with E-state index in [2.05, 4.69) is 29.2 Å². The standard InChI is InChI=1S/C20H29N3O4/c1-14(2)12-23(10-9-19(25)27-3)13-18(24)21-17-6-4-5-15(11-17)20(26)22-16-7-8-16/h4-6,11,14,16H,7-10,12-13H2,1-3H3,(H,21,24)(H,22,26). The van der Waals surface area contributed by atoms with E-state index in [1.807, 2.05) is 4.90 Å². The van der Waals surface area contributed by atoms with Gasteiger partial charge in [-0.25, -0.2) is 0 Å². The lowest BCUT2D eigenvalue weighted by molar-refractivity contribution is -0.141. The minimum Gasteiger partial charge on any atom is -0.469 e. The molecule has 0 unspecified atom stereocenters. The second-order valence-corrected chi connectivity index (χ2v) is 7.33. The zero-order valence-electron chi connectivity index (χ0n) is 16.3. The smallest absolute Gasteiger partial charge is 0.306 e. The minimum absolute atomic E-state index is 0.117. The molecule has 0 radical (unpaired) electrons. The lowest BCUT2D eigenvalue weighted by atomic mass is 10.2. The van der Waals surface area contributed by atoms with Crippen LogP contribution in [0.2, 0.25) is 0 Å². The molecule has 1 aromatic carbocycles. The molecule has 7 nitrogen and oxygen atoms in total. The van der Waals surface area contributed by atoms with Gasteiger partial charge in [0.05, 0.1) is 20.1 Å². The van der Waals surface area contributed by atoms with Gasteiger partial charge >= 0.3 is 5.97 Å². The van der Waals surface area contributed by atoms with Crippen LogP contribution >= 0.6 is 0 Å². The maximum atomic E-state index is 12.4. The topological polar surface area (TPSA) is 87.7 Å². The Morgan fingerprint density at radius 2 is 2.00 bits per heavy atom. The van der Waals surface area contributed by atoms with Crippen LogP contribution in [-0.4, -0.2) is 55.5 Å². The second-order valence-electron chi connectivity index (χ2n) is 7.33. The Bertz CT molecular complexity index is 671. The molecule has 1 aliphatic rings. The number of hydrogen-bond donors (Lipinski definition) is 2. The zero-order chi connectivity index (χ0) is 19.8. The number of nitrogens with zero attached hydrogens (tertiary/aromatic N) is 1. The molecule has 148 valence electrons. The van der Waals surface area contributed by atoms with E-state index in [0.717, 1.165) is 12.8 Å². The Balaban J connectivity index is 1.91. The summed E-state index contributed by atoms with van der Waals surface area (Å²) in [5, 5.41) is 5.77. The van der Waals surface area contributed by atoms with Crippen LogP contribution in [0.4, 0.5) is 5.69 Å². The average molecular weight is 375 g/mol. The van der Waals surface area contributed by atoms with Crippen LogP contribution in [0.25, 0.3) is 0 Å². The van der Waals surface area contributed by atoms with Crippen molar-refractivity contribution in [3.05, 3.63) is 29.8 Å². The van der Waals surface area contributed by atoms with E-state index in [1.54, 1.807) is 24.3 Å². The molecule has 1 aromatic rings. The maximum absolute atomic E-state index is 12.4. The molecular weight excluding hydrogens is 346 g/mol. The molecule has 0 atom stereocenters. The summed E-state index contributed by atoms with van der Waals surface area (Å²) >= 11 is 0. The van der Waals surface area contributed by atoms with Crippen molar-refractivity contribution in [3.63, 3.8) is 0 Å². The molecule has 2 N–H and O–H groups in total. The van der Waals surface area contributed by atoms with Crippen LogP contribution in [0.15, 0.2) is 24.3 Å².